The summed E-state index contributed by atoms with van der Waals surface area (Å²) in [6.07, 6.45) is 0.465. The van der Waals surface area contributed by atoms with Gasteiger partial charge in [-0.25, -0.2) is 9.78 Å². The van der Waals surface area contributed by atoms with Gasteiger partial charge < -0.3 is 9.64 Å². The molecule has 0 saturated carbocycles. The maximum absolute atomic E-state index is 12.4. The fourth-order valence-corrected chi connectivity index (χ4v) is 3.24. The molecule has 0 bridgehead atoms. The highest BCUT2D eigenvalue weighted by Gasteiger charge is 2.34. The van der Waals surface area contributed by atoms with Crippen molar-refractivity contribution in [2.45, 2.75) is 45.8 Å². The van der Waals surface area contributed by atoms with E-state index in [0.29, 0.717) is 6.54 Å². The number of hydrogen-bond acceptors (Lipinski definition) is 5. The van der Waals surface area contributed by atoms with Gasteiger partial charge in [-0.15, -0.1) is 11.3 Å². The summed E-state index contributed by atoms with van der Waals surface area (Å²) in [5.41, 5.74) is 5.09. The van der Waals surface area contributed by atoms with Crippen LogP contribution in [0.4, 0.5) is 4.79 Å². The van der Waals surface area contributed by atoms with Gasteiger partial charge in [0.05, 0.1) is 11.6 Å². The summed E-state index contributed by atoms with van der Waals surface area (Å²) in [4.78, 5) is 18.5. The number of hydrogen-bond donors (Lipinski definition) is 1. The molecular formula is C15H20N4O2S. The van der Waals surface area contributed by atoms with Crippen molar-refractivity contribution >= 4 is 17.4 Å². The Bertz CT molecular complexity index is 672. The van der Waals surface area contributed by atoms with Crippen LogP contribution in [-0.4, -0.2) is 38.3 Å². The number of aromatic amines is 1. The first-order valence-corrected chi connectivity index (χ1v) is 8.26. The fraction of sp³-hybridized carbons (Fsp3) is 0.533. The molecule has 6 nitrogen and oxygen atoms in total. The summed E-state index contributed by atoms with van der Waals surface area (Å²) in [5.74, 6) is 0. The van der Waals surface area contributed by atoms with Crippen molar-refractivity contribution in [2.24, 2.45) is 0 Å². The number of nitrogens with one attached hydrogen (secondary N) is 1. The molecule has 1 aliphatic rings. The molecule has 1 N–H and O–H groups in total. The molecule has 118 valence electrons. The normalized spacial score (nSPS) is 18.2. The van der Waals surface area contributed by atoms with Crippen LogP contribution in [0.25, 0.3) is 11.4 Å². The second kappa shape index (κ2) is 5.39. The van der Waals surface area contributed by atoms with Crippen LogP contribution in [0.5, 0.6) is 0 Å². The molecule has 0 aliphatic carbocycles. The van der Waals surface area contributed by atoms with Gasteiger partial charge in [-0.1, -0.05) is 0 Å². The Morgan fingerprint density at radius 2 is 2.27 bits per heavy atom. The molecular weight excluding hydrogens is 300 g/mol. The number of thiazole rings is 1. The number of H-pyrrole nitrogens is 1. The number of nitrogens with zero attached hydrogens (tertiary/aromatic N) is 3. The molecule has 3 rings (SSSR count). The average molecular weight is 320 g/mol. The Morgan fingerprint density at radius 1 is 1.50 bits per heavy atom. The summed E-state index contributed by atoms with van der Waals surface area (Å²) in [5, 5.41) is 9.46. The Kier molecular flexibility index (Phi) is 3.68. The molecule has 1 atom stereocenters. The Morgan fingerprint density at radius 3 is 2.91 bits per heavy atom. The molecule has 2 aromatic heterocycles. The van der Waals surface area contributed by atoms with Crippen LogP contribution in [0, 0.1) is 0 Å². The van der Waals surface area contributed by atoms with E-state index in [2.05, 4.69) is 15.2 Å². The predicted molar refractivity (Wildman–Crippen MR) is 84.8 cm³/mol. The van der Waals surface area contributed by atoms with Crippen LogP contribution in [0.3, 0.4) is 0 Å². The molecule has 1 aliphatic heterocycles. The first kappa shape index (κ1) is 15.0. The van der Waals surface area contributed by atoms with Gasteiger partial charge in [0.15, 0.2) is 0 Å². The predicted octanol–water partition coefficient (Wildman–Crippen LogP) is 3.39. The van der Waals surface area contributed by atoms with Crippen LogP contribution in [0.2, 0.25) is 0 Å². The van der Waals surface area contributed by atoms with Crippen molar-refractivity contribution in [3.05, 3.63) is 22.1 Å². The Labute approximate surface area is 133 Å². The van der Waals surface area contributed by atoms with Crippen LogP contribution in [-0.2, 0) is 11.2 Å². The fourth-order valence-electron chi connectivity index (χ4n) is 2.70. The second-order valence-electron chi connectivity index (χ2n) is 6.44. The minimum atomic E-state index is -0.495. The minimum absolute atomic E-state index is 0.0888. The van der Waals surface area contributed by atoms with E-state index in [0.717, 1.165) is 29.1 Å². The van der Waals surface area contributed by atoms with E-state index in [-0.39, 0.29) is 12.1 Å². The summed E-state index contributed by atoms with van der Waals surface area (Å²) in [6, 6.07) is -0.0888. The lowest BCUT2D eigenvalue weighted by Gasteiger charge is -2.35. The van der Waals surface area contributed by atoms with E-state index in [1.807, 2.05) is 33.1 Å². The van der Waals surface area contributed by atoms with E-state index in [1.54, 1.807) is 10.4 Å². The largest absolute Gasteiger partial charge is 0.444 e. The topological polar surface area (TPSA) is 71.1 Å². The number of amides is 1. The number of carbonyl (C=O) groups excluding carboxylic acids is 1. The van der Waals surface area contributed by atoms with Crippen molar-refractivity contribution < 1.29 is 9.53 Å². The van der Waals surface area contributed by atoms with Gasteiger partial charge in [0.2, 0.25) is 0 Å². The summed E-state index contributed by atoms with van der Waals surface area (Å²) < 4.78 is 5.51. The maximum Gasteiger partial charge on any atom is 0.410 e. The summed E-state index contributed by atoms with van der Waals surface area (Å²) in [7, 11) is 0. The highest BCUT2D eigenvalue weighted by atomic mass is 32.1. The summed E-state index contributed by atoms with van der Waals surface area (Å²) >= 11 is 1.53. The van der Waals surface area contributed by atoms with E-state index in [1.165, 1.54) is 11.3 Å². The maximum atomic E-state index is 12.4. The van der Waals surface area contributed by atoms with Crippen molar-refractivity contribution in [3.63, 3.8) is 0 Å². The zero-order valence-corrected chi connectivity index (χ0v) is 14.0. The van der Waals surface area contributed by atoms with Crippen molar-refractivity contribution in [1.82, 2.24) is 20.1 Å². The van der Waals surface area contributed by atoms with Gasteiger partial charge in [-0.05, 0) is 27.7 Å². The lowest BCUT2D eigenvalue weighted by Crippen LogP contribution is -2.42. The number of ether oxygens (including phenoxy) is 1. The van der Waals surface area contributed by atoms with E-state index >= 15 is 0 Å². The van der Waals surface area contributed by atoms with Gasteiger partial charge in [-0.2, -0.15) is 5.10 Å². The zero-order chi connectivity index (χ0) is 15.9. The molecule has 22 heavy (non-hydrogen) atoms. The van der Waals surface area contributed by atoms with Gasteiger partial charge >= 0.3 is 6.09 Å². The van der Waals surface area contributed by atoms with Crippen molar-refractivity contribution in [3.8, 4) is 11.4 Å². The van der Waals surface area contributed by atoms with E-state index in [9.17, 15) is 4.79 Å². The van der Waals surface area contributed by atoms with Crippen LogP contribution >= 0.6 is 11.3 Å². The Hall–Kier alpha value is -1.89. The van der Waals surface area contributed by atoms with Gasteiger partial charge in [0.25, 0.3) is 0 Å². The molecule has 1 amide bonds. The highest BCUT2D eigenvalue weighted by molar-refractivity contribution is 7.07. The smallest absolute Gasteiger partial charge is 0.410 e. The van der Waals surface area contributed by atoms with Gasteiger partial charge in [0.1, 0.15) is 17.0 Å². The molecule has 0 aromatic carbocycles. The quantitative estimate of drug-likeness (QED) is 0.874. The molecule has 0 saturated heterocycles. The standard InChI is InChI=1S/C15H20N4O2S/c1-9-12-10(17-18-13(12)11-7-22-8-16-11)5-6-19(9)14(20)21-15(2,3)4/h7-9H,5-6H2,1-4H3,(H,17,18). The minimum Gasteiger partial charge on any atom is -0.444 e. The zero-order valence-electron chi connectivity index (χ0n) is 13.2. The monoisotopic (exact) mass is 320 g/mol. The second-order valence-corrected chi connectivity index (χ2v) is 7.16. The van der Waals surface area contributed by atoms with Crippen molar-refractivity contribution in [2.75, 3.05) is 6.54 Å². The van der Waals surface area contributed by atoms with Gasteiger partial charge in [0, 0.05) is 29.6 Å². The first-order chi connectivity index (χ1) is 10.4. The number of aromatic nitrogens is 3. The molecule has 0 fully saturated rings. The lowest BCUT2D eigenvalue weighted by molar-refractivity contribution is 0.0160. The van der Waals surface area contributed by atoms with Crippen LogP contribution in [0.15, 0.2) is 10.9 Å². The third-order valence-electron chi connectivity index (χ3n) is 3.67. The first-order valence-electron chi connectivity index (χ1n) is 7.32. The van der Waals surface area contributed by atoms with E-state index < -0.39 is 5.60 Å². The van der Waals surface area contributed by atoms with E-state index in [4.69, 9.17) is 4.74 Å². The molecule has 1 unspecified atom stereocenters. The Balaban J connectivity index is 1.90. The highest BCUT2D eigenvalue weighted by Crippen LogP contribution is 2.36. The average Bonchev–Trinajstić information content (AvgIpc) is 3.05. The molecule has 0 radical (unpaired) electrons. The third kappa shape index (κ3) is 2.72. The van der Waals surface area contributed by atoms with Gasteiger partial charge in [-0.3, -0.25) is 5.10 Å². The molecule has 0 spiro atoms. The SMILES string of the molecule is CC1c2c(-c3cscn3)n[nH]c2CCN1C(=O)OC(C)(C)C. The lowest BCUT2D eigenvalue weighted by atomic mass is 9.97. The van der Waals surface area contributed by atoms with Crippen LogP contribution in [0.1, 0.15) is 45.0 Å². The van der Waals surface area contributed by atoms with Crippen LogP contribution < -0.4 is 0 Å². The third-order valence-corrected chi connectivity index (χ3v) is 4.26. The van der Waals surface area contributed by atoms with Crippen molar-refractivity contribution in [1.29, 1.82) is 0 Å². The number of rotatable bonds is 1. The molecule has 7 heteroatoms. The summed E-state index contributed by atoms with van der Waals surface area (Å²) in [6.45, 7) is 8.27. The number of carbonyl (C=O) groups is 1. The molecule has 3 heterocycles. The molecule has 2 aromatic rings. The number of fused-ring (bicyclic) bond motifs is 1.